The Morgan fingerprint density at radius 3 is 2.35 bits per heavy atom. The molecule has 1 aliphatic rings. The number of nitrogens with zero attached hydrogens (tertiary/aromatic N) is 1. The van der Waals surface area contributed by atoms with E-state index in [4.69, 9.17) is 0 Å². The Hall–Kier alpha value is -1.02. The van der Waals surface area contributed by atoms with Gasteiger partial charge in [-0.3, -0.25) is 0 Å². The van der Waals surface area contributed by atoms with Crippen LogP contribution in [0.25, 0.3) is 0 Å². The molecular formula is C15H24N2. The van der Waals surface area contributed by atoms with E-state index in [1.165, 1.54) is 30.5 Å². The van der Waals surface area contributed by atoms with Crippen molar-refractivity contribution in [2.24, 2.45) is 5.92 Å². The van der Waals surface area contributed by atoms with Gasteiger partial charge >= 0.3 is 0 Å². The highest BCUT2D eigenvalue weighted by Crippen LogP contribution is 2.41. The summed E-state index contributed by atoms with van der Waals surface area (Å²) in [5.74, 6) is 0.867. The molecule has 0 amide bonds. The molecule has 1 aliphatic carbocycles. The van der Waals surface area contributed by atoms with Crippen LogP contribution in [0.3, 0.4) is 0 Å². The molecule has 1 aromatic rings. The minimum absolute atomic E-state index is 0.575. The Bertz CT molecular complexity index is 338. The first-order valence-corrected chi connectivity index (χ1v) is 6.73. The molecule has 1 saturated carbocycles. The predicted octanol–water partition coefficient (Wildman–Crippen LogP) is 3.20. The molecule has 2 nitrogen and oxygen atoms in total. The molecule has 1 fully saturated rings. The number of rotatable bonds is 6. The standard InChI is InChI=1S/C15H24N2/c1-4-11-16-15(12-5-6-12)13-7-9-14(10-8-13)17(2)3/h7-10,12,15-16H,4-6,11H2,1-3H3. The molecular weight excluding hydrogens is 208 g/mol. The molecule has 94 valence electrons. The summed E-state index contributed by atoms with van der Waals surface area (Å²) in [4.78, 5) is 2.15. The fourth-order valence-electron chi connectivity index (χ4n) is 2.27. The lowest BCUT2D eigenvalue weighted by Gasteiger charge is -2.20. The largest absolute Gasteiger partial charge is 0.378 e. The van der Waals surface area contributed by atoms with Crippen molar-refractivity contribution >= 4 is 5.69 Å². The van der Waals surface area contributed by atoms with Crippen LogP contribution in [0, 0.1) is 5.92 Å². The van der Waals surface area contributed by atoms with E-state index >= 15 is 0 Å². The maximum Gasteiger partial charge on any atom is 0.0361 e. The zero-order valence-corrected chi connectivity index (χ0v) is 11.2. The molecule has 1 N–H and O–H groups in total. The summed E-state index contributed by atoms with van der Waals surface area (Å²) in [6.07, 6.45) is 3.98. The Labute approximate surface area is 105 Å². The topological polar surface area (TPSA) is 15.3 Å². The average molecular weight is 232 g/mol. The van der Waals surface area contributed by atoms with Crippen LogP contribution in [0.4, 0.5) is 5.69 Å². The quantitative estimate of drug-likeness (QED) is 0.810. The van der Waals surface area contributed by atoms with Crippen molar-refractivity contribution in [2.75, 3.05) is 25.5 Å². The van der Waals surface area contributed by atoms with E-state index in [1.54, 1.807) is 0 Å². The highest BCUT2D eigenvalue weighted by Gasteiger charge is 2.31. The van der Waals surface area contributed by atoms with Gasteiger partial charge in [-0.2, -0.15) is 0 Å². The normalized spacial score (nSPS) is 16.9. The fourth-order valence-corrected chi connectivity index (χ4v) is 2.27. The van der Waals surface area contributed by atoms with Crippen LogP contribution in [0.2, 0.25) is 0 Å². The van der Waals surface area contributed by atoms with Crippen molar-refractivity contribution in [3.63, 3.8) is 0 Å². The number of hydrogen-bond acceptors (Lipinski definition) is 2. The van der Waals surface area contributed by atoms with Gasteiger partial charge in [0.1, 0.15) is 0 Å². The third-order valence-electron chi connectivity index (χ3n) is 3.48. The Morgan fingerprint density at radius 1 is 1.24 bits per heavy atom. The van der Waals surface area contributed by atoms with Gasteiger partial charge in [0.15, 0.2) is 0 Å². The van der Waals surface area contributed by atoms with Gasteiger partial charge < -0.3 is 10.2 Å². The third-order valence-corrected chi connectivity index (χ3v) is 3.48. The molecule has 17 heavy (non-hydrogen) atoms. The number of benzene rings is 1. The van der Waals surface area contributed by atoms with E-state index in [0.29, 0.717) is 6.04 Å². The molecule has 0 aromatic heterocycles. The van der Waals surface area contributed by atoms with Gasteiger partial charge in [0.2, 0.25) is 0 Å². The number of nitrogens with one attached hydrogen (secondary N) is 1. The Kier molecular flexibility index (Phi) is 4.06. The van der Waals surface area contributed by atoms with Gasteiger partial charge in [-0.05, 0) is 49.4 Å². The molecule has 0 radical (unpaired) electrons. The highest BCUT2D eigenvalue weighted by atomic mass is 15.1. The zero-order valence-electron chi connectivity index (χ0n) is 11.2. The lowest BCUT2D eigenvalue weighted by atomic mass is 10.0. The Balaban J connectivity index is 2.07. The fraction of sp³-hybridized carbons (Fsp3) is 0.600. The maximum atomic E-state index is 3.68. The monoisotopic (exact) mass is 232 g/mol. The SMILES string of the molecule is CCCNC(c1ccc(N(C)C)cc1)C1CC1. The summed E-state index contributed by atoms with van der Waals surface area (Å²) in [7, 11) is 4.17. The van der Waals surface area contributed by atoms with Crippen molar-refractivity contribution in [2.45, 2.75) is 32.2 Å². The predicted molar refractivity (Wildman–Crippen MR) is 74.5 cm³/mol. The van der Waals surface area contributed by atoms with E-state index in [9.17, 15) is 0 Å². The second-order valence-corrected chi connectivity index (χ2v) is 5.26. The smallest absolute Gasteiger partial charge is 0.0361 e. The molecule has 0 heterocycles. The summed E-state index contributed by atoms with van der Waals surface area (Å²) in [5.41, 5.74) is 2.73. The van der Waals surface area contributed by atoms with E-state index in [1.807, 2.05) is 0 Å². The third kappa shape index (κ3) is 3.22. The van der Waals surface area contributed by atoms with Crippen molar-refractivity contribution in [3.05, 3.63) is 29.8 Å². The Morgan fingerprint density at radius 2 is 1.88 bits per heavy atom. The van der Waals surface area contributed by atoms with Crippen LogP contribution in [0.1, 0.15) is 37.8 Å². The van der Waals surface area contributed by atoms with Gasteiger partial charge in [0.25, 0.3) is 0 Å². The lowest BCUT2D eigenvalue weighted by molar-refractivity contribution is 0.481. The van der Waals surface area contributed by atoms with Crippen LogP contribution in [-0.4, -0.2) is 20.6 Å². The summed E-state index contributed by atoms with van der Waals surface area (Å²) in [6, 6.07) is 9.57. The second-order valence-electron chi connectivity index (χ2n) is 5.26. The van der Waals surface area contributed by atoms with Crippen LogP contribution in [0.5, 0.6) is 0 Å². The van der Waals surface area contributed by atoms with Crippen LogP contribution >= 0.6 is 0 Å². The first kappa shape index (κ1) is 12.4. The second kappa shape index (κ2) is 5.54. The van der Waals surface area contributed by atoms with E-state index in [-0.39, 0.29) is 0 Å². The molecule has 2 heteroatoms. The van der Waals surface area contributed by atoms with Crippen molar-refractivity contribution in [3.8, 4) is 0 Å². The highest BCUT2D eigenvalue weighted by molar-refractivity contribution is 5.46. The van der Waals surface area contributed by atoms with E-state index < -0.39 is 0 Å². The maximum absolute atomic E-state index is 3.68. The summed E-state index contributed by atoms with van der Waals surface area (Å²) in [5, 5.41) is 3.68. The molecule has 0 saturated heterocycles. The van der Waals surface area contributed by atoms with Crippen molar-refractivity contribution in [1.29, 1.82) is 0 Å². The van der Waals surface area contributed by atoms with Crippen LogP contribution in [-0.2, 0) is 0 Å². The first-order chi connectivity index (χ1) is 8.22. The molecule has 0 bridgehead atoms. The van der Waals surface area contributed by atoms with Gasteiger partial charge in [-0.25, -0.2) is 0 Å². The van der Waals surface area contributed by atoms with Gasteiger partial charge in [0, 0.05) is 25.8 Å². The van der Waals surface area contributed by atoms with Crippen molar-refractivity contribution < 1.29 is 0 Å². The first-order valence-electron chi connectivity index (χ1n) is 6.73. The number of hydrogen-bond donors (Lipinski definition) is 1. The van der Waals surface area contributed by atoms with Crippen molar-refractivity contribution in [1.82, 2.24) is 5.32 Å². The van der Waals surface area contributed by atoms with Crippen LogP contribution in [0.15, 0.2) is 24.3 Å². The average Bonchev–Trinajstić information content (AvgIpc) is 3.14. The molecule has 1 atom stereocenters. The zero-order chi connectivity index (χ0) is 12.3. The molecule has 1 aromatic carbocycles. The summed E-state index contributed by atoms with van der Waals surface area (Å²) in [6.45, 7) is 3.35. The van der Waals surface area contributed by atoms with E-state index in [0.717, 1.165) is 12.5 Å². The molecule has 0 aliphatic heterocycles. The minimum Gasteiger partial charge on any atom is -0.378 e. The lowest BCUT2D eigenvalue weighted by Crippen LogP contribution is -2.23. The molecule has 1 unspecified atom stereocenters. The molecule has 2 rings (SSSR count). The van der Waals surface area contributed by atoms with E-state index in [2.05, 4.69) is 55.5 Å². The van der Waals surface area contributed by atoms with Gasteiger partial charge in [-0.1, -0.05) is 19.1 Å². The van der Waals surface area contributed by atoms with Gasteiger partial charge in [-0.15, -0.1) is 0 Å². The molecule has 0 spiro atoms. The summed E-state index contributed by atoms with van der Waals surface area (Å²) >= 11 is 0. The van der Waals surface area contributed by atoms with Gasteiger partial charge in [0.05, 0.1) is 0 Å². The summed E-state index contributed by atoms with van der Waals surface area (Å²) < 4.78 is 0. The number of anilines is 1. The van der Waals surface area contributed by atoms with Crippen LogP contribution < -0.4 is 10.2 Å². The minimum atomic E-state index is 0.575.